The summed E-state index contributed by atoms with van der Waals surface area (Å²) in [6, 6.07) is 11.7. The number of nitrogens with two attached hydrogens (primary N) is 1. The van der Waals surface area contributed by atoms with Gasteiger partial charge in [-0.1, -0.05) is 31.5 Å². The third kappa shape index (κ3) is 4.10. The SMILES string of the molecule is CCCC(NC(=O)Cc1ccc(N)cc1)c1cccs1. The van der Waals surface area contributed by atoms with Crippen LogP contribution in [0, 0.1) is 0 Å². The summed E-state index contributed by atoms with van der Waals surface area (Å²) in [5.74, 6) is 0.0571. The molecule has 0 spiro atoms. The van der Waals surface area contributed by atoms with Gasteiger partial charge in [-0.25, -0.2) is 0 Å². The first-order chi connectivity index (χ1) is 9.69. The molecular weight excluding hydrogens is 268 g/mol. The first-order valence-corrected chi connectivity index (χ1v) is 7.74. The first-order valence-electron chi connectivity index (χ1n) is 6.86. The highest BCUT2D eigenvalue weighted by Crippen LogP contribution is 2.23. The van der Waals surface area contributed by atoms with Gasteiger partial charge in [0.15, 0.2) is 0 Å². The molecule has 2 aromatic rings. The second-order valence-electron chi connectivity index (χ2n) is 4.84. The molecule has 2 rings (SSSR count). The Morgan fingerprint density at radius 2 is 2.05 bits per heavy atom. The fourth-order valence-electron chi connectivity index (χ4n) is 2.13. The number of anilines is 1. The van der Waals surface area contributed by atoms with Crippen LogP contribution in [-0.2, 0) is 11.2 Å². The molecule has 0 aliphatic rings. The lowest BCUT2D eigenvalue weighted by molar-refractivity contribution is -0.121. The molecule has 1 heterocycles. The van der Waals surface area contributed by atoms with Crippen molar-refractivity contribution in [1.82, 2.24) is 5.32 Å². The Hall–Kier alpha value is -1.81. The third-order valence-corrected chi connectivity index (χ3v) is 4.13. The number of hydrogen-bond acceptors (Lipinski definition) is 3. The van der Waals surface area contributed by atoms with Crippen molar-refractivity contribution in [1.29, 1.82) is 0 Å². The average molecular weight is 288 g/mol. The molecule has 0 radical (unpaired) electrons. The first kappa shape index (κ1) is 14.6. The minimum Gasteiger partial charge on any atom is -0.399 e. The maximum absolute atomic E-state index is 12.1. The zero-order chi connectivity index (χ0) is 14.4. The van der Waals surface area contributed by atoms with Crippen LogP contribution in [0.25, 0.3) is 0 Å². The highest BCUT2D eigenvalue weighted by atomic mass is 32.1. The van der Waals surface area contributed by atoms with E-state index in [4.69, 9.17) is 5.73 Å². The van der Waals surface area contributed by atoms with Gasteiger partial charge in [-0.05, 0) is 35.6 Å². The summed E-state index contributed by atoms with van der Waals surface area (Å²) >= 11 is 1.69. The van der Waals surface area contributed by atoms with E-state index in [2.05, 4.69) is 18.3 Å². The van der Waals surface area contributed by atoms with Gasteiger partial charge in [-0.3, -0.25) is 4.79 Å². The molecule has 0 bridgehead atoms. The van der Waals surface area contributed by atoms with Gasteiger partial charge in [-0.2, -0.15) is 0 Å². The molecule has 1 unspecified atom stereocenters. The molecule has 20 heavy (non-hydrogen) atoms. The minimum absolute atomic E-state index is 0.0571. The lowest BCUT2D eigenvalue weighted by Crippen LogP contribution is -2.29. The lowest BCUT2D eigenvalue weighted by Gasteiger charge is -2.16. The molecule has 3 N–H and O–H groups in total. The smallest absolute Gasteiger partial charge is 0.224 e. The van der Waals surface area contributed by atoms with Crippen LogP contribution in [0.1, 0.15) is 36.2 Å². The normalized spacial score (nSPS) is 12.1. The number of carbonyl (C=O) groups is 1. The van der Waals surface area contributed by atoms with Gasteiger partial charge in [0.1, 0.15) is 0 Å². The standard InChI is InChI=1S/C16H20N2OS/c1-2-4-14(15-5-3-10-20-15)18-16(19)11-12-6-8-13(17)9-7-12/h3,5-10,14H,2,4,11,17H2,1H3,(H,18,19). The van der Waals surface area contributed by atoms with Crippen molar-refractivity contribution in [2.75, 3.05) is 5.73 Å². The molecule has 1 atom stereocenters. The second kappa shape index (κ2) is 7.10. The third-order valence-electron chi connectivity index (χ3n) is 3.14. The zero-order valence-electron chi connectivity index (χ0n) is 11.6. The van der Waals surface area contributed by atoms with E-state index in [-0.39, 0.29) is 11.9 Å². The van der Waals surface area contributed by atoms with E-state index in [0.717, 1.165) is 24.1 Å². The second-order valence-corrected chi connectivity index (χ2v) is 5.82. The molecule has 0 fully saturated rings. The number of thiophene rings is 1. The highest BCUT2D eigenvalue weighted by molar-refractivity contribution is 7.10. The van der Waals surface area contributed by atoms with Crippen LogP contribution in [0.5, 0.6) is 0 Å². The van der Waals surface area contributed by atoms with Crippen molar-refractivity contribution >= 4 is 22.9 Å². The van der Waals surface area contributed by atoms with Crippen molar-refractivity contribution in [3.8, 4) is 0 Å². The Morgan fingerprint density at radius 1 is 1.30 bits per heavy atom. The van der Waals surface area contributed by atoms with Crippen molar-refractivity contribution in [2.24, 2.45) is 0 Å². The van der Waals surface area contributed by atoms with Crippen LogP contribution in [0.2, 0.25) is 0 Å². The van der Waals surface area contributed by atoms with Crippen molar-refractivity contribution < 1.29 is 4.79 Å². The van der Waals surface area contributed by atoms with E-state index in [1.807, 2.05) is 35.7 Å². The number of carbonyl (C=O) groups excluding carboxylic acids is 1. The van der Waals surface area contributed by atoms with Gasteiger partial charge in [0.2, 0.25) is 5.91 Å². The summed E-state index contributed by atoms with van der Waals surface area (Å²) in [4.78, 5) is 13.4. The van der Waals surface area contributed by atoms with Crippen LogP contribution in [0.3, 0.4) is 0 Å². The molecule has 4 heteroatoms. The average Bonchev–Trinajstić information content (AvgIpc) is 2.95. The Labute approximate surface area is 123 Å². The van der Waals surface area contributed by atoms with Crippen molar-refractivity contribution in [3.05, 3.63) is 52.2 Å². The van der Waals surface area contributed by atoms with Crippen LogP contribution in [0.4, 0.5) is 5.69 Å². The van der Waals surface area contributed by atoms with E-state index >= 15 is 0 Å². The number of nitrogen functional groups attached to an aromatic ring is 1. The molecular formula is C16H20N2OS. The number of benzene rings is 1. The molecule has 0 aliphatic carbocycles. The number of nitrogens with one attached hydrogen (secondary N) is 1. The molecule has 0 saturated heterocycles. The Bertz CT molecular complexity index is 534. The number of hydrogen-bond donors (Lipinski definition) is 2. The van der Waals surface area contributed by atoms with E-state index in [1.165, 1.54) is 4.88 Å². The summed E-state index contributed by atoms with van der Waals surface area (Å²) < 4.78 is 0. The quantitative estimate of drug-likeness (QED) is 0.799. The van der Waals surface area contributed by atoms with Gasteiger partial charge < -0.3 is 11.1 Å². The molecule has 0 aliphatic heterocycles. The molecule has 0 saturated carbocycles. The minimum atomic E-state index is 0.0571. The van der Waals surface area contributed by atoms with E-state index in [9.17, 15) is 4.79 Å². The Balaban J connectivity index is 1.96. The fraction of sp³-hybridized carbons (Fsp3) is 0.312. The Morgan fingerprint density at radius 3 is 2.65 bits per heavy atom. The molecule has 106 valence electrons. The summed E-state index contributed by atoms with van der Waals surface area (Å²) in [6.07, 6.45) is 2.41. The maximum Gasteiger partial charge on any atom is 0.224 e. The topological polar surface area (TPSA) is 55.1 Å². The van der Waals surface area contributed by atoms with Crippen molar-refractivity contribution in [2.45, 2.75) is 32.2 Å². The fourth-order valence-corrected chi connectivity index (χ4v) is 2.94. The van der Waals surface area contributed by atoms with Gasteiger partial charge in [-0.15, -0.1) is 11.3 Å². The molecule has 1 aromatic carbocycles. The predicted molar refractivity (Wildman–Crippen MR) is 84.7 cm³/mol. The van der Waals surface area contributed by atoms with Crippen LogP contribution >= 0.6 is 11.3 Å². The highest BCUT2D eigenvalue weighted by Gasteiger charge is 2.14. The summed E-state index contributed by atoms with van der Waals surface area (Å²) in [5, 5.41) is 5.17. The largest absolute Gasteiger partial charge is 0.399 e. The maximum atomic E-state index is 12.1. The van der Waals surface area contributed by atoms with E-state index in [1.54, 1.807) is 11.3 Å². The van der Waals surface area contributed by atoms with Gasteiger partial charge in [0, 0.05) is 10.6 Å². The molecule has 1 amide bonds. The van der Waals surface area contributed by atoms with E-state index in [0.29, 0.717) is 6.42 Å². The lowest BCUT2D eigenvalue weighted by atomic mass is 10.1. The molecule has 1 aromatic heterocycles. The summed E-state index contributed by atoms with van der Waals surface area (Å²) in [7, 11) is 0. The monoisotopic (exact) mass is 288 g/mol. The van der Waals surface area contributed by atoms with Crippen LogP contribution in [-0.4, -0.2) is 5.91 Å². The van der Waals surface area contributed by atoms with E-state index < -0.39 is 0 Å². The molecule has 3 nitrogen and oxygen atoms in total. The van der Waals surface area contributed by atoms with Gasteiger partial charge in [0.25, 0.3) is 0 Å². The van der Waals surface area contributed by atoms with Crippen LogP contribution < -0.4 is 11.1 Å². The van der Waals surface area contributed by atoms with Gasteiger partial charge in [0.05, 0.1) is 12.5 Å². The number of rotatable bonds is 6. The summed E-state index contributed by atoms with van der Waals surface area (Å²) in [5.41, 5.74) is 7.35. The summed E-state index contributed by atoms with van der Waals surface area (Å²) in [6.45, 7) is 2.13. The van der Waals surface area contributed by atoms with Crippen molar-refractivity contribution in [3.63, 3.8) is 0 Å². The Kier molecular flexibility index (Phi) is 5.18. The number of amides is 1. The van der Waals surface area contributed by atoms with Crippen LogP contribution in [0.15, 0.2) is 41.8 Å². The zero-order valence-corrected chi connectivity index (χ0v) is 12.5. The van der Waals surface area contributed by atoms with Gasteiger partial charge >= 0.3 is 0 Å². The predicted octanol–water partition coefficient (Wildman–Crippen LogP) is 3.53.